The fraction of sp³-hybridized carbons (Fsp3) is 0.235. The molecule has 0 saturated heterocycles. The molecule has 116 valence electrons. The summed E-state index contributed by atoms with van der Waals surface area (Å²) in [5, 5.41) is 2.74. The molecule has 1 atom stereocenters. The number of quaternary nitrogens is 1. The van der Waals surface area contributed by atoms with Crippen LogP contribution in [0.15, 0.2) is 48.5 Å². The van der Waals surface area contributed by atoms with E-state index in [4.69, 9.17) is 0 Å². The quantitative estimate of drug-likeness (QED) is 0.864. The first-order valence-electron chi connectivity index (χ1n) is 7.06. The van der Waals surface area contributed by atoms with Crippen molar-refractivity contribution in [3.63, 3.8) is 0 Å². The third kappa shape index (κ3) is 4.11. The second kappa shape index (κ2) is 7.13. The highest BCUT2D eigenvalue weighted by Gasteiger charge is 2.19. The molecule has 0 heterocycles. The molecule has 22 heavy (non-hydrogen) atoms. The van der Waals surface area contributed by atoms with Gasteiger partial charge in [0.15, 0.2) is 0 Å². The molecule has 0 saturated carbocycles. The van der Waals surface area contributed by atoms with Crippen LogP contribution in [0.5, 0.6) is 0 Å². The minimum Gasteiger partial charge on any atom is -0.346 e. The molecule has 2 rings (SSSR count). The van der Waals surface area contributed by atoms with Gasteiger partial charge < -0.3 is 10.2 Å². The van der Waals surface area contributed by atoms with Gasteiger partial charge in [-0.05, 0) is 12.1 Å². The fourth-order valence-corrected chi connectivity index (χ4v) is 2.32. The van der Waals surface area contributed by atoms with Crippen LogP contribution in [-0.2, 0) is 0 Å². The van der Waals surface area contributed by atoms with Gasteiger partial charge in [0.1, 0.15) is 17.7 Å². The van der Waals surface area contributed by atoms with Gasteiger partial charge in [-0.2, -0.15) is 0 Å². The molecule has 3 nitrogen and oxygen atoms in total. The molecule has 0 spiro atoms. The third-order valence-corrected chi connectivity index (χ3v) is 3.49. The number of amides is 1. The lowest BCUT2D eigenvalue weighted by molar-refractivity contribution is -0.890. The van der Waals surface area contributed by atoms with Crippen LogP contribution in [0, 0.1) is 11.6 Å². The van der Waals surface area contributed by atoms with Crippen LogP contribution in [0.25, 0.3) is 0 Å². The Morgan fingerprint density at radius 2 is 1.68 bits per heavy atom. The first kappa shape index (κ1) is 16.1. The predicted octanol–water partition coefficient (Wildman–Crippen LogP) is 1.58. The zero-order chi connectivity index (χ0) is 16.1. The zero-order valence-electron chi connectivity index (χ0n) is 12.6. The fourth-order valence-electron chi connectivity index (χ4n) is 2.32. The normalized spacial score (nSPS) is 12.2. The van der Waals surface area contributed by atoms with Gasteiger partial charge in [-0.1, -0.05) is 30.3 Å². The Kier molecular flexibility index (Phi) is 5.22. The van der Waals surface area contributed by atoms with Gasteiger partial charge in [0.05, 0.1) is 20.6 Å². The molecule has 0 bridgehead atoms. The molecule has 0 fully saturated rings. The largest absolute Gasteiger partial charge is 0.346 e. The first-order valence-corrected chi connectivity index (χ1v) is 7.06. The average Bonchev–Trinajstić information content (AvgIpc) is 2.47. The molecule has 0 radical (unpaired) electrons. The smallest absolute Gasteiger partial charge is 0.251 e. The molecule has 0 unspecified atom stereocenters. The number of hydrogen-bond acceptors (Lipinski definition) is 1. The highest BCUT2D eigenvalue weighted by atomic mass is 19.1. The summed E-state index contributed by atoms with van der Waals surface area (Å²) in [6.07, 6.45) is 0. The van der Waals surface area contributed by atoms with Crippen LogP contribution >= 0.6 is 0 Å². The van der Waals surface area contributed by atoms with Gasteiger partial charge >= 0.3 is 0 Å². The van der Waals surface area contributed by atoms with E-state index in [-0.39, 0.29) is 11.6 Å². The van der Waals surface area contributed by atoms with Crippen molar-refractivity contribution in [2.75, 3.05) is 20.6 Å². The van der Waals surface area contributed by atoms with E-state index in [0.29, 0.717) is 6.54 Å². The van der Waals surface area contributed by atoms with Gasteiger partial charge in [0, 0.05) is 17.2 Å². The van der Waals surface area contributed by atoms with Crippen LogP contribution in [0.1, 0.15) is 22.0 Å². The molecule has 2 N–H and O–H groups in total. The van der Waals surface area contributed by atoms with E-state index in [0.717, 1.165) is 28.7 Å². The number of nitrogens with one attached hydrogen (secondary N) is 2. The van der Waals surface area contributed by atoms with Crippen LogP contribution in [0.3, 0.4) is 0 Å². The van der Waals surface area contributed by atoms with E-state index in [2.05, 4.69) is 5.32 Å². The van der Waals surface area contributed by atoms with Crippen molar-refractivity contribution in [3.8, 4) is 0 Å². The topological polar surface area (TPSA) is 33.5 Å². The summed E-state index contributed by atoms with van der Waals surface area (Å²) < 4.78 is 26.3. The molecule has 2 aromatic carbocycles. The molecule has 5 heteroatoms. The standard InChI is InChI=1S/C17H18F2N2O/c1-21(2)16(12-6-4-3-5-7-12)11-20-17(22)13-8-14(18)10-15(19)9-13/h3-10,16H,11H2,1-2H3,(H,20,22)/p+1/t16-/m1/s1. The number of hydrogen-bond donors (Lipinski definition) is 2. The SMILES string of the molecule is C[NH+](C)[C@H](CNC(=O)c1cc(F)cc(F)c1)c1ccccc1. The molecule has 0 aliphatic rings. The summed E-state index contributed by atoms with van der Waals surface area (Å²) in [5.41, 5.74) is 1.08. The Balaban J connectivity index is 2.08. The number of benzene rings is 2. The van der Waals surface area contributed by atoms with Crippen molar-refractivity contribution in [1.29, 1.82) is 0 Å². The molecule has 1 amide bonds. The summed E-state index contributed by atoms with van der Waals surface area (Å²) in [7, 11) is 3.98. The Hall–Kier alpha value is -2.27. The second-order valence-corrected chi connectivity index (χ2v) is 5.41. The summed E-state index contributed by atoms with van der Waals surface area (Å²) in [6, 6.07) is 12.6. The van der Waals surface area contributed by atoms with Gasteiger partial charge in [-0.15, -0.1) is 0 Å². The minimum atomic E-state index is -0.761. The van der Waals surface area contributed by atoms with Gasteiger partial charge in [0.25, 0.3) is 5.91 Å². The van der Waals surface area contributed by atoms with Gasteiger partial charge in [0.2, 0.25) is 0 Å². The number of halogens is 2. The maximum Gasteiger partial charge on any atom is 0.251 e. The minimum absolute atomic E-state index is 0.0157. The maximum atomic E-state index is 13.2. The number of likely N-dealkylation sites (N-methyl/N-ethyl adjacent to an activating group) is 1. The average molecular weight is 305 g/mol. The van der Waals surface area contributed by atoms with Crippen LogP contribution in [0.2, 0.25) is 0 Å². The third-order valence-electron chi connectivity index (χ3n) is 3.49. The first-order chi connectivity index (χ1) is 10.5. The lowest BCUT2D eigenvalue weighted by Crippen LogP contribution is -3.07. The summed E-state index contributed by atoms with van der Waals surface area (Å²) >= 11 is 0. The Labute approximate surface area is 128 Å². The number of carbonyl (C=O) groups excluding carboxylic acids is 1. The lowest BCUT2D eigenvalue weighted by atomic mass is 10.1. The van der Waals surface area contributed by atoms with E-state index in [1.165, 1.54) is 0 Å². The molecule has 0 aliphatic carbocycles. The van der Waals surface area contributed by atoms with Gasteiger partial charge in [-0.25, -0.2) is 8.78 Å². The van der Waals surface area contributed by atoms with E-state index in [1.807, 2.05) is 44.4 Å². The van der Waals surface area contributed by atoms with Crippen molar-refractivity contribution < 1.29 is 18.5 Å². The Bertz CT molecular complexity index is 624. The Morgan fingerprint density at radius 3 is 2.23 bits per heavy atom. The van der Waals surface area contributed by atoms with Crippen molar-refractivity contribution in [2.45, 2.75) is 6.04 Å². The second-order valence-electron chi connectivity index (χ2n) is 5.41. The van der Waals surface area contributed by atoms with Crippen molar-refractivity contribution in [1.82, 2.24) is 5.32 Å². The van der Waals surface area contributed by atoms with Crippen molar-refractivity contribution in [3.05, 3.63) is 71.3 Å². The van der Waals surface area contributed by atoms with Crippen molar-refractivity contribution in [2.24, 2.45) is 0 Å². The summed E-state index contributed by atoms with van der Waals surface area (Å²) in [5.74, 6) is -2.01. The van der Waals surface area contributed by atoms with E-state index < -0.39 is 17.5 Å². The molecular formula is C17H19F2N2O+. The monoisotopic (exact) mass is 305 g/mol. The predicted molar refractivity (Wildman–Crippen MR) is 80.7 cm³/mol. The molecule has 0 aliphatic heterocycles. The van der Waals surface area contributed by atoms with E-state index in [9.17, 15) is 13.6 Å². The van der Waals surface area contributed by atoms with Gasteiger partial charge in [-0.3, -0.25) is 4.79 Å². The van der Waals surface area contributed by atoms with Crippen LogP contribution in [-0.4, -0.2) is 26.5 Å². The van der Waals surface area contributed by atoms with E-state index >= 15 is 0 Å². The zero-order valence-corrected chi connectivity index (χ0v) is 12.6. The highest BCUT2D eigenvalue weighted by molar-refractivity contribution is 5.94. The van der Waals surface area contributed by atoms with E-state index in [1.54, 1.807) is 0 Å². The molecule has 2 aromatic rings. The molecular weight excluding hydrogens is 286 g/mol. The summed E-state index contributed by atoms with van der Waals surface area (Å²) in [6.45, 7) is 0.378. The number of rotatable bonds is 5. The van der Waals surface area contributed by atoms with Crippen LogP contribution < -0.4 is 10.2 Å². The highest BCUT2D eigenvalue weighted by Crippen LogP contribution is 2.10. The Morgan fingerprint density at radius 1 is 1.09 bits per heavy atom. The molecule has 0 aromatic heterocycles. The number of carbonyl (C=O) groups is 1. The maximum absolute atomic E-state index is 13.2. The lowest BCUT2D eigenvalue weighted by Gasteiger charge is -2.22. The van der Waals surface area contributed by atoms with Crippen LogP contribution in [0.4, 0.5) is 8.78 Å². The summed E-state index contributed by atoms with van der Waals surface area (Å²) in [4.78, 5) is 13.2. The van der Waals surface area contributed by atoms with Crippen molar-refractivity contribution >= 4 is 5.91 Å².